The highest BCUT2D eigenvalue weighted by Crippen LogP contribution is 2.34. The van der Waals surface area contributed by atoms with Gasteiger partial charge in [0, 0.05) is 17.5 Å². The van der Waals surface area contributed by atoms with E-state index in [-0.39, 0.29) is 16.3 Å². The molecule has 3 aromatic rings. The zero-order chi connectivity index (χ0) is 19.8. The topological polar surface area (TPSA) is 122 Å². The van der Waals surface area contributed by atoms with E-state index in [1.807, 2.05) is 0 Å². The first-order chi connectivity index (χ1) is 12.7. The average molecular weight is 385 g/mol. The van der Waals surface area contributed by atoms with Gasteiger partial charge in [0.1, 0.15) is 4.90 Å². The summed E-state index contributed by atoms with van der Waals surface area (Å²) in [6.45, 7) is 3.44. The lowest BCUT2D eigenvalue weighted by molar-refractivity contribution is -0.384. The minimum absolute atomic E-state index is 0.0537. The minimum Gasteiger partial charge on any atom is -0.282 e. The molecule has 0 radical (unpaired) electrons. The summed E-state index contributed by atoms with van der Waals surface area (Å²) in [4.78, 5) is 10.1. The third-order valence-corrected chi connectivity index (χ3v) is 5.08. The van der Waals surface area contributed by atoms with E-state index in [2.05, 4.69) is 10.2 Å². The highest BCUT2D eigenvalue weighted by atomic mass is 32.2. The number of hydrogen-bond acceptors (Lipinski definition) is 6. The first kappa shape index (κ1) is 18.6. The van der Waals surface area contributed by atoms with Gasteiger partial charge in [0.05, 0.1) is 16.3 Å². The highest BCUT2D eigenvalue weighted by molar-refractivity contribution is 7.86. The normalized spacial score (nSPS) is 12.0. The molecule has 0 aliphatic rings. The predicted octanol–water partition coefficient (Wildman–Crippen LogP) is 5.03. The van der Waals surface area contributed by atoms with E-state index in [0.29, 0.717) is 27.6 Å². The van der Waals surface area contributed by atoms with Crippen molar-refractivity contribution in [2.24, 2.45) is 10.2 Å². The number of aryl methyl sites for hydroxylation is 2. The van der Waals surface area contributed by atoms with Gasteiger partial charge in [-0.3, -0.25) is 14.7 Å². The fourth-order valence-corrected chi connectivity index (χ4v) is 3.48. The molecule has 3 aromatic carbocycles. The van der Waals surface area contributed by atoms with Crippen LogP contribution in [0.5, 0.6) is 0 Å². The summed E-state index contributed by atoms with van der Waals surface area (Å²) in [7, 11) is -4.45. The Kier molecular flexibility index (Phi) is 4.73. The van der Waals surface area contributed by atoms with Crippen molar-refractivity contribution in [2.75, 3.05) is 0 Å². The van der Waals surface area contributed by atoms with Crippen LogP contribution in [0.4, 0.5) is 17.1 Å². The second-order valence-electron chi connectivity index (χ2n) is 5.97. The van der Waals surface area contributed by atoms with Crippen LogP contribution in [0.3, 0.4) is 0 Å². The van der Waals surface area contributed by atoms with Crippen LogP contribution in [0.25, 0.3) is 10.8 Å². The Hall–Kier alpha value is -3.17. The van der Waals surface area contributed by atoms with Gasteiger partial charge < -0.3 is 0 Å². The first-order valence-electron chi connectivity index (χ1n) is 7.85. The molecule has 0 aliphatic carbocycles. The lowest BCUT2D eigenvalue weighted by Gasteiger charge is -2.09. The van der Waals surface area contributed by atoms with E-state index in [4.69, 9.17) is 0 Å². The van der Waals surface area contributed by atoms with Crippen molar-refractivity contribution in [3.05, 3.63) is 69.8 Å². The van der Waals surface area contributed by atoms with Crippen LogP contribution in [0.2, 0.25) is 0 Å². The SMILES string of the molecule is Cc1cc([N+](=O)[O-])ccc1/N=N/c1cc(S(=O)(=O)O)c2ccccc2c1C. The fourth-order valence-electron chi connectivity index (χ4n) is 2.76. The van der Waals surface area contributed by atoms with Crippen LogP contribution in [0.1, 0.15) is 11.1 Å². The maximum Gasteiger partial charge on any atom is 0.295 e. The second-order valence-corrected chi connectivity index (χ2v) is 7.36. The van der Waals surface area contributed by atoms with Gasteiger partial charge in [-0.25, -0.2) is 0 Å². The Morgan fingerprint density at radius 2 is 1.59 bits per heavy atom. The van der Waals surface area contributed by atoms with Gasteiger partial charge in [-0.2, -0.15) is 18.6 Å². The molecule has 0 unspecified atom stereocenters. The van der Waals surface area contributed by atoms with E-state index in [0.717, 1.165) is 0 Å². The van der Waals surface area contributed by atoms with Crippen LogP contribution in [0.15, 0.2) is 63.7 Å². The Morgan fingerprint density at radius 3 is 2.19 bits per heavy atom. The van der Waals surface area contributed by atoms with Crippen molar-refractivity contribution in [3.8, 4) is 0 Å². The standard InChI is InChI=1S/C18H15N3O5S/c1-11-9-13(21(22)23)7-8-16(11)19-20-17-10-18(27(24,25)26)15-6-4-3-5-14(15)12(17)2/h3-10H,1-2H3,(H,24,25,26)/b20-19+. The van der Waals surface area contributed by atoms with Gasteiger partial charge in [0.15, 0.2) is 0 Å². The van der Waals surface area contributed by atoms with Crippen LogP contribution in [-0.4, -0.2) is 17.9 Å². The van der Waals surface area contributed by atoms with E-state index in [1.165, 1.54) is 24.3 Å². The van der Waals surface area contributed by atoms with Crippen LogP contribution in [-0.2, 0) is 10.1 Å². The molecule has 9 heteroatoms. The van der Waals surface area contributed by atoms with E-state index in [1.54, 1.807) is 38.1 Å². The number of benzene rings is 3. The Balaban J connectivity index is 2.14. The summed E-state index contributed by atoms with van der Waals surface area (Å²) in [6.07, 6.45) is 0. The molecule has 0 aromatic heterocycles. The summed E-state index contributed by atoms with van der Waals surface area (Å²) in [5.41, 5.74) is 1.89. The molecule has 0 spiro atoms. The Labute approximate surface area is 155 Å². The molecule has 8 nitrogen and oxygen atoms in total. The molecule has 27 heavy (non-hydrogen) atoms. The smallest absolute Gasteiger partial charge is 0.282 e. The van der Waals surface area contributed by atoms with Gasteiger partial charge in [-0.15, -0.1) is 0 Å². The molecule has 0 amide bonds. The number of rotatable bonds is 4. The molecule has 0 bridgehead atoms. The Bertz CT molecular complexity index is 1200. The van der Waals surface area contributed by atoms with Gasteiger partial charge in [-0.05, 0) is 42.5 Å². The molecule has 0 aliphatic heterocycles. The lowest BCUT2D eigenvalue weighted by atomic mass is 10.0. The molecule has 138 valence electrons. The van der Waals surface area contributed by atoms with E-state index in [9.17, 15) is 23.1 Å². The third kappa shape index (κ3) is 3.69. The largest absolute Gasteiger partial charge is 0.295 e. The maximum absolute atomic E-state index is 11.8. The first-order valence-corrected chi connectivity index (χ1v) is 9.29. The summed E-state index contributed by atoms with van der Waals surface area (Å²) in [5, 5.41) is 20.0. The molecular weight excluding hydrogens is 370 g/mol. The van der Waals surface area contributed by atoms with Crippen molar-refractivity contribution < 1.29 is 17.9 Å². The molecule has 0 heterocycles. The molecule has 0 saturated carbocycles. The van der Waals surface area contributed by atoms with E-state index >= 15 is 0 Å². The number of azo groups is 1. The van der Waals surface area contributed by atoms with E-state index < -0.39 is 15.0 Å². The van der Waals surface area contributed by atoms with Crippen molar-refractivity contribution in [1.82, 2.24) is 0 Å². The van der Waals surface area contributed by atoms with Crippen molar-refractivity contribution in [1.29, 1.82) is 0 Å². The lowest BCUT2D eigenvalue weighted by Crippen LogP contribution is -2.00. The van der Waals surface area contributed by atoms with Gasteiger partial charge in [0.2, 0.25) is 0 Å². The molecule has 0 atom stereocenters. The van der Waals surface area contributed by atoms with Crippen molar-refractivity contribution in [3.63, 3.8) is 0 Å². The predicted molar refractivity (Wildman–Crippen MR) is 101 cm³/mol. The van der Waals surface area contributed by atoms with Crippen molar-refractivity contribution in [2.45, 2.75) is 18.7 Å². The number of nitrogens with zero attached hydrogens (tertiary/aromatic N) is 3. The maximum atomic E-state index is 11.8. The summed E-state index contributed by atoms with van der Waals surface area (Å²) in [6, 6.07) is 12.2. The monoisotopic (exact) mass is 385 g/mol. The molecule has 3 rings (SSSR count). The Morgan fingerprint density at radius 1 is 0.963 bits per heavy atom. The second kappa shape index (κ2) is 6.86. The van der Waals surface area contributed by atoms with Crippen LogP contribution < -0.4 is 0 Å². The third-order valence-electron chi connectivity index (χ3n) is 4.18. The van der Waals surface area contributed by atoms with Gasteiger partial charge in [0.25, 0.3) is 15.8 Å². The summed E-state index contributed by atoms with van der Waals surface area (Å²) >= 11 is 0. The number of non-ortho nitro benzene ring substituents is 1. The number of nitro benzene ring substituents is 1. The van der Waals surface area contributed by atoms with Crippen LogP contribution >= 0.6 is 0 Å². The zero-order valence-electron chi connectivity index (χ0n) is 14.4. The highest BCUT2D eigenvalue weighted by Gasteiger charge is 2.18. The molecule has 0 saturated heterocycles. The average Bonchev–Trinajstić information content (AvgIpc) is 2.61. The zero-order valence-corrected chi connectivity index (χ0v) is 15.3. The molecule has 0 fully saturated rings. The molecule has 1 N–H and O–H groups in total. The number of fused-ring (bicyclic) bond motifs is 1. The fraction of sp³-hybridized carbons (Fsp3) is 0.111. The summed E-state index contributed by atoms with van der Waals surface area (Å²) in [5.74, 6) is 0. The quantitative estimate of drug-likeness (QED) is 0.292. The van der Waals surface area contributed by atoms with Crippen LogP contribution in [0, 0.1) is 24.0 Å². The minimum atomic E-state index is -4.45. The van der Waals surface area contributed by atoms with Gasteiger partial charge in [-0.1, -0.05) is 24.3 Å². The number of nitro groups is 1. The number of hydrogen-bond donors (Lipinski definition) is 1. The molecular formula is C18H15N3O5S. The van der Waals surface area contributed by atoms with Crippen molar-refractivity contribution >= 4 is 38.0 Å². The summed E-state index contributed by atoms with van der Waals surface area (Å²) < 4.78 is 33.1. The van der Waals surface area contributed by atoms with Gasteiger partial charge >= 0.3 is 0 Å².